The minimum atomic E-state index is -0.975. The maximum absolute atomic E-state index is 10.6. The zero-order chi connectivity index (χ0) is 11.3. The van der Waals surface area contributed by atoms with Gasteiger partial charge >= 0.3 is 5.97 Å². The molecule has 78 valence electrons. The van der Waals surface area contributed by atoms with E-state index < -0.39 is 12.0 Å². The second-order valence-electron chi connectivity index (χ2n) is 2.93. The van der Waals surface area contributed by atoms with E-state index in [0.29, 0.717) is 5.69 Å². The number of carboxylic acid groups (broad SMARTS) is 1. The molecule has 1 aromatic rings. The summed E-state index contributed by atoms with van der Waals surface area (Å²) in [6, 6.07) is 5.68. The zero-order valence-corrected chi connectivity index (χ0v) is 7.97. The van der Waals surface area contributed by atoms with Crippen LogP contribution in [-0.2, 0) is 0 Å². The van der Waals surface area contributed by atoms with E-state index in [2.05, 4.69) is 11.2 Å². The summed E-state index contributed by atoms with van der Waals surface area (Å²) in [7, 11) is 0. The van der Waals surface area contributed by atoms with Gasteiger partial charge in [0.05, 0.1) is 12.2 Å². The summed E-state index contributed by atoms with van der Waals surface area (Å²) in [6.45, 7) is -0.169. The van der Waals surface area contributed by atoms with Gasteiger partial charge in [-0.3, -0.25) is 0 Å². The topological polar surface area (TPSA) is 69.6 Å². The molecule has 4 nitrogen and oxygen atoms in total. The van der Waals surface area contributed by atoms with Crippen molar-refractivity contribution in [3.8, 4) is 12.3 Å². The van der Waals surface area contributed by atoms with Gasteiger partial charge in [-0.25, -0.2) is 4.79 Å². The van der Waals surface area contributed by atoms with Gasteiger partial charge in [0.1, 0.15) is 6.04 Å². The minimum absolute atomic E-state index is 0.169. The predicted octanol–water partition coefficient (Wildman–Crippen LogP) is 0.791. The minimum Gasteiger partial charge on any atom is -0.478 e. The van der Waals surface area contributed by atoms with Crippen molar-refractivity contribution < 1.29 is 15.0 Å². The molecule has 15 heavy (non-hydrogen) atoms. The van der Waals surface area contributed by atoms with Crippen LogP contribution in [0.2, 0.25) is 0 Å². The van der Waals surface area contributed by atoms with E-state index >= 15 is 0 Å². The molecule has 0 aliphatic carbocycles. The number of hydrogen-bond acceptors (Lipinski definition) is 3. The van der Waals surface area contributed by atoms with Gasteiger partial charge in [0, 0.05) is 5.69 Å². The van der Waals surface area contributed by atoms with Crippen LogP contribution in [0.15, 0.2) is 24.3 Å². The largest absolute Gasteiger partial charge is 0.478 e. The van der Waals surface area contributed by atoms with Gasteiger partial charge in [-0.2, -0.15) is 0 Å². The van der Waals surface area contributed by atoms with Gasteiger partial charge in [0.2, 0.25) is 0 Å². The third kappa shape index (κ3) is 3.01. The molecule has 1 rings (SSSR count). The lowest BCUT2D eigenvalue weighted by atomic mass is 10.2. The van der Waals surface area contributed by atoms with E-state index in [4.69, 9.17) is 16.6 Å². The first-order chi connectivity index (χ1) is 7.17. The smallest absolute Gasteiger partial charge is 0.335 e. The normalized spacial score (nSPS) is 11.5. The second-order valence-corrected chi connectivity index (χ2v) is 2.93. The lowest BCUT2D eigenvalue weighted by Gasteiger charge is -2.11. The van der Waals surface area contributed by atoms with E-state index in [0.717, 1.165) is 0 Å². The number of hydrogen-bond donors (Lipinski definition) is 3. The van der Waals surface area contributed by atoms with Gasteiger partial charge in [-0.05, 0) is 24.3 Å². The SMILES string of the molecule is C#CC(CO)Nc1ccc(C(=O)O)cc1. The molecule has 0 aromatic heterocycles. The number of carbonyl (C=O) groups is 1. The summed E-state index contributed by atoms with van der Waals surface area (Å²) in [5.41, 5.74) is 0.888. The molecule has 0 aliphatic heterocycles. The third-order valence-electron chi connectivity index (χ3n) is 1.86. The van der Waals surface area contributed by atoms with Gasteiger partial charge in [-0.15, -0.1) is 6.42 Å². The summed E-state index contributed by atoms with van der Waals surface area (Å²) in [4.78, 5) is 10.6. The van der Waals surface area contributed by atoms with Crippen molar-refractivity contribution >= 4 is 11.7 Å². The fourth-order valence-corrected chi connectivity index (χ4v) is 1.05. The van der Waals surface area contributed by atoms with Crippen molar-refractivity contribution in [1.82, 2.24) is 0 Å². The molecule has 0 heterocycles. The number of rotatable bonds is 4. The van der Waals surface area contributed by atoms with Crippen LogP contribution >= 0.6 is 0 Å². The Hall–Kier alpha value is -1.99. The first-order valence-electron chi connectivity index (χ1n) is 4.34. The summed E-state index contributed by atoms with van der Waals surface area (Å²) < 4.78 is 0. The fraction of sp³-hybridized carbons (Fsp3) is 0.182. The Morgan fingerprint density at radius 2 is 2.07 bits per heavy atom. The van der Waals surface area contributed by atoms with Crippen molar-refractivity contribution in [3.05, 3.63) is 29.8 Å². The number of anilines is 1. The van der Waals surface area contributed by atoms with Crippen LogP contribution in [0.1, 0.15) is 10.4 Å². The van der Waals surface area contributed by atoms with Crippen LogP contribution in [-0.4, -0.2) is 28.8 Å². The van der Waals surface area contributed by atoms with Crippen molar-refractivity contribution in [2.75, 3.05) is 11.9 Å². The molecule has 0 spiro atoms. The zero-order valence-electron chi connectivity index (χ0n) is 7.97. The molecule has 0 bridgehead atoms. The van der Waals surface area contributed by atoms with Crippen molar-refractivity contribution in [3.63, 3.8) is 0 Å². The lowest BCUT2D eigenvalue weighted by molar-refractivity contribution is 0.0697. The Morgan fingerprint density at radius 1 is 1.47 bits per heavy atom. The third-order valence-corrected chi connectivity index (χ3v) is 1.86. The van der Waals surface area contributed by atoms with Gasteiger partial charge < -0.3 is 15.5 Å². The van der Waals surface area contributed by atoms with E-state index in [9.17, 15) is 4.79 Å². The lowest BCUT2D eigenvalue weighted by Crippen LogP contribution is -2.21. The van der Waals surface area contributed by atoms with Gasteiger partial charge in [0.15, 0.2) is 0 Å². The summed E-state index contributed by atoms with van der Waals surface area (Å²) in [6.07, 6.45) is 5.14. The number of aliphatic hydroxyl groups is 1. The van der Waals surface area contributed by atoms with E-state index in [1.807, 2.05) is 0 Å². The average molecular weight is 205 g/mol. The van der Waals surface area contributed by atoms with Crippen LogP contribution < -0.4 is 5.32 Å². The van der Waals surface area contributed by atoms with E-state index in [1.165, 1.54) is 12.1 Å². The Bertz CT molecular complexity index is 378. The van der Waals surface area contributed by atoms with Crippen molar-refractivity contribution in [2.24, 2.45) is 0 Å². The first kappa shape index (κ1) is 11.1. The molecule has 3 N–H and O–H groups in total. The number of aromatic carboxylic acids is 1. The van der Waals surface area contributed by atoms with Crippen LogP contribution in [0.3, 0.4) is 0 Å². The second kappa shape index (κ2) is 5.03. The van der Waals surface area contributed by atoms with E-state index in [-0.39, 0.29) is 12.2 Å². The number of aliphatic hydroxyl groups excluding tert-OH is 1. The molecule has 0 saturated heterocycles. The van der Waals surface area contributed by atoms with E-state index in [1.54, 1.807) is 12.1 Å². The number of benzene rings is 1. The van der Waals surface area contributed by atoms with Crippen molar-refractivity contribution in [2.45, 2.75) is 6.04 Å². The number of carboxylic acids is 1. The molecular formula is C11H11NO3. The number of terminal acetylenes is 1. The molecule has 0 amide bonds. The van der Waals surface area contributed by atoms with Gasteiger partial charge in [0.25, 0.3) is 0 Å². The summed E-state index contributed by atoms with van der Waals surface area (Å²) >= 11 is 0. The highest BCUT2D eigenvalue weighted by Crippen LogP contribution is 2.10. The van der Waals surface area contributed by atoms with Crippen LogP contribution in [0.5, 0.6) is 0 Å². The Kier molecular flexibility index (Phi) is 3.72. The highest BCUT2D eigenvalue weighted by molar-refractivity contribution is 5.88. The monoisotopic (exact) mass is 205 g/mol. The highest BCUT2D eigenvalue weighted by Gasteiger charge is 2.04. The Labute approximate surface area is 87.6 Å². The van der Waals surface area contributed by atoms with Crippen molar-refractivity contribution in [1.29, 1.82) is 0 Å². The molecule has 0 fully saturated rings. The maximum atomic E-state index is 10.6. The molecule has 1 aromatic carbocycles. The molecular weight excluding hydrogens is 194 g/mol. The first-order valence-corrected chi connectivity index (χ1v) is 4.34. The average Bonchev–Trinajstić information content (AvgIpc) is 2.26. The molecule has 0 radical (unpaired) electrons. The fourth-order valence-electron chi connectivity index (χ4n) is 1.05. The Balaban J connectivity index is 2.73. The number of nitrogens with one attached hydrogen (secondary N) is 1. The molecule has 0 saturated carbocycles. The Morgan fingerprint density at radius 3 is 2.47 bits per heavy atom. The standard InChI is InChI=1S/C11H11NO3/c1-2-9(7-13)12-10-5-3-8(4-6-10)11(14)15/h1,3-6,9,12-13H,7H2,(H,14,15). The van der Waals surface area contributed by atoms with Crippen LogP contribution in [0.25, 0.3) is 0 Å². The molecule has 4 heteroatoms. The molecule has 1 unspecified atom stereocenters. The summed E-state index contributed by atoms with van der Waals surface area (Å²) in [5.74, 6) is 1.39. The quantitative estimate of drug-likeness (QED) is 0.636. The summed E-state index contributed by atoms with van der Waals surface area (Å²) in [5, 5.41) is 20.4. The van der Waals surface area contributed by atoms with Gasteiger partial charge in [-0.1, -0.05) is 5.92 Å². The molecule has 1 atom stereocenters. The molecule has 0 aliphatic rings. The maximum Gasteiger partial charge on any atom is 0.335 e. The van der Waals surface area contributed by atoms with Crippen LogP contribution in [0.4, 0.5) is 5.69 Å². The van der Waals surface area contributed by atoms with Crippen LogP contribution in [0, 0.1) is 12.3 Å². The predicted molar refractivity (Wildman–Crippen MR) is 56.7 cm³/mol. The highest BCUT2D eigenvalue weighted by atomic mass is 16.4.